The summed E-state index contributed by atoms with van der Waals surface area (Å²) in [7, 11) is 0. The molecule has 3 heterocycles. The van der Waals surface area contributed by atoms with Crippen molar-refractivity contribution in [2.45, 2.75) is 196 Å². The van der Waals surface area contributed by atoms with Gasteiger partial charge in [-0.1, -0.05) is 0 Å². The highest BCUT2D eigenvalue weighted by atomic mass is 32.1. The fraction of sp³-hybridized carbons (Fsp3) is 0.704. The number of aliphatic hydroxyl groups is 1. The quantitative estimate of drug-likeness (QED) is 0.0202. The first-order chi connectivity index (χ1) is 42.9. The number of carboxylic acids is 4. The third kappa shape index (κ3) is 24.3. The highest BCUT2D eigenvalue weighted by Gasteiger charge is 2.44. The average Bonchev–Trinajstić information content (AvgIpc) is 2.19. The van der Waals surface area contributed by atoms with Gasteiger partial charge in [0.1, 0.15) is 66.5 Å². The summed E-state index contributed by atoms with van der Waals surface area (Å²) in [6, 6.07) is -16.8. The summed E-state index contributed by atoms with van der Waals surface area (Å²) in [5.41, 5.74) is 11.5. The van der Waals surface area contributed by atoms with Crippen LogP contribution in [0.25, 0.3) is 0 Å². The first kappa shape index (κ1) is 77.3. The van der Waals surface area contributed by atoms with Crippen LogP contribution >= 0.6 is 25.3 Å². The standard InChI is InChI=1S/C54H86N14O21S2/c1-26(43(77)60-31(14-17-40(73)74)46(80)59-27(2)44(78)63-33(9-4-5-19-55)52(86)67-21-7-11-36(67)50(84)64-34(25-91)54(88)89)58-38(70)23-57-45(79)30(13-16-39(71)72)61-49(83)37-12-8-22-68(37)53(87)42(28(3)69)65-47(81)32(15-18-41(75)76)62-48(82)35-10-6-20-66(35)51(85)29(56)24-90/h26-37,42,69,90-91H,4-25,55-56H2,1-3H3,(H,57,79)(H,58,70)(H,59,80)(H,60,77)(H,61,83)(H,62,82)(H,63,78)(H,64,84)(H,65,81)(H,71,72)(H,73,74)(H,75,76)(H,88,89)/t26-,27-,28+,29-,30-,31-,32-,33-,34-,35-,36-,37-,42-/m0/s1. The molecular formula is C54H86N14O21S2. The molecule has 3 rings (SSSR count). The zero-order valence-corrected chi connectivity index (χ0v) is 52.5. The van der Waals surface area contributed by atoms with Crippen molar-refractivity contribution >= 4 is 120 Å². The van der Waals surface area contributed by atoms with Gasteiger partial charge < -0.3 is 99.6 Å². The van der Waals surface area contributed by atoms with Crippen molar-refractivity contribution in [1.29, 1.82) is 0 Å². The lowest BCUT2D eigenvalue weighted by molar-refractivity contribution is -0.145. The van der Waals surface area contributed by atoms with Crippen LogP contribution in [0.3, 0.4) is 0 Å². The smallest absolute Gasteiger partial charge is 0.327 e. The number of nitrogens with one attached hydrogen (secondary N) is 9. The van der Waals surface area contributed by atoms with Crippen molar-refractivity contribution in [2.75, 3.05) is 44.2 Å². The van der Waals surface area contributed by atoms with E-state index in [0.717, 1.165) is 18.7 Å². The normalized spacial score (nSPS) is 19.4. The number of aliphatic hydroxyl groups excluding tert-OH is 1. The lowest BCUT2D eigenvalue weighted by atomic mass is 10.1. The molecule has 37 heteroatoms. The summed E-state index contributed by atoms with van der Waals surface area (Å²) < 4.78 is 0. The van der Waals surface area contributed by atoms with Crippen molar-refractivity contribution in [3.05, 3.63) is 0 Å². The van der Waals surface area contributed by atoms with Gasteiger partial charge in [0.15, 0.2) is 0 Å². The molecule has 0 saturated carbocycles. The summed E-state index contributed by atoms with van der Waals surface area (Å²) in [5.74, 6) is -16.8. The molecule has 0 aromatic carbocycles. The van der Waals surface area contributed by atoms with Crippen LogP contribution in [-0.2, 0) is 76.7 Å². The van der Waals surface area contributed by atoms with E-state index in [2.05, 4.69) is 73.1 Å². The Hall–Kier alpha value is -7.90. The average molecular weight is 1330 g/mol. The number of amides is 12. The SMILES string of the molecule is C[C@H](NC(=O)CNC(=O)[C@H](CCC(=O)O)NC(=O)[C@@H]1CCCN1C(=O)[C@@H](NC(=O)[C@H](CCC(=O)O)NC(=O)[C@@H]1CCCN1C(=O)[C@@H](N)CS)[C@@H](C)O)C(=O)N[C@@H](CCC(=O)O)C(=O)N[C@@H](C)C(=O)N[C@@H](CCCCN)C(=O)N1CCC[C@H]1C(=O)N[C@@H](CS)C(=O)O. The van der Waals surface area contributed by atoms with Crippen LogP contribution < -0.4 is 59.3 Å². The number of unbranched alkanes of at least 4 members (excludes halogenated alkanes) is 1. The molecule has 3 saturated heterocycles. The van der Waals surface area contributed by atoms with Gasteiger partial charge in [0.05, 0.1) is 18.7 Å². The minimum absolute atomic E-state index is 0.0271. The molecule has 0 aliphatic carbocycles. The van der Waals surface area contributed by atoms with Gasteiger partial charge in [-0.25, -0.2) is 4.79 Å². The number of carbonyl (C=O) groups is 16. The van der Waals surface area contributed by atoms with Gasteiger partial charge in [-0.15, -0.1) is 0 Å². The van der Waals surface area contributed by atoms with E-state index in [4.69, 9.17) is 11.5 Å². The number of carbonyl (C=O) groups excluding carboxylic acids is 12. The Morgan fingerprint density at radius 2 is 0.879 bits per heavy atom. The zero-order chi connectivity index (χ0) is 68.4. The molecule has 13 atom stereocenters. The third-order valence-corrected chi connectivity index (χ3v) is 16.0. The first-order valence-corrected chi connectivity index (χ1v) is 31.0. The van der Waals surface area contributed by atoms with Gasteiger partial charge in [0, 0.05) is 50.4 Å². The van der Waals surface area contributed by atoms with E-state index in [1.807, 2.05) is 0 Å². The van der Waals surface area contributed by atoms with Gasteiger partial charge >= 0.3 is 23.9 Å². The van der Waals surface area contributed by atoms with E-state index in [1.165, 1.54) is 16.7 Å². The third-order valence-electron chi connectivity index (χ3n) is 15.2. The largest absolute Gasteiger partial charge is 0.481 e. The molecule has 12 amide bonds. The zero-order valence-electron chi connectivity index (χ0n) is 50.7. The Balaban J connectivity index is 1.68. The van der Waals surface area contributed by atoms with Crippen LogP contribution in [-0.4, -0.2) is 258 Å². The van der Waals surface area contributed by atoms with Crippen molar-refractivity contribution in [2.24, 2.45) is 11.5 Å². The second kappa shape index (κ2) is 38.1. The topological polar surface area (TPSA) is 544 Å². The molecular weight excluding hydrogens is 1240 g/mol. The molecule has 18 N–H and O–H groups in total. The van der Waals surface area contributed by atoms with Crippen LogP contribution in [0.1, 0.15) is 117 Å². The summed E-state index contributed by atoms with van der Waals surface area (Å²) >= 11 is 7.99. The minimum Gasteiger partial charge on any atom is -0.481 e. The number of carboxylic acid groups (broad SMARTS) is 4. The first-order valence-electron chi connectivity index (χ1n) is 29.7. The Kier molecular flexibility index (Phi) is 32.4. The fourth-order valence-corrected chi connectivity index (χ4v) is 10.6. The lowest BCUT2D eigenvalue weighted by Gasteiger charge is -2.32. The van der Waals surface area contributed by atoms with E-state index < -0.39 is 218 Å². The summed E-state index contributed by atoms with van der Waals surface area (Å²) in [6.45, 7) is 3.01. The second-order valence-electron chi connectivity index (χ2n) is 22.2. The minimum atomic E-state index is -1.80. The number of aliphatic carboxylic acids is 4. The van der Waals surface area contributed by atoms with Crippen molar-refractivity contribution < 1.29 is 102 Å². The number of likely N-dealkylation sites (tertiary alicyclic amines) is 3. The maximum absolute atomic E-state index is 14.1. The van der Waals surface area contributed by atoms with Crippen molar-refractivity contribution in [3.63, 3.8) is 0 Å². The lowest BCUT2D eigenvalue weighted by Crippen LogP contribution is -2.61. The number of thiol groups is 2. The highest BCUT2D eigenvalue weighted by Crippen LogP contribution is 2.23. The van der Waals surface area contributed by atoms with E-state index >= 15 is 0 Å². The van der Waals surface area contributed by atoms with Crippen LogP contribution in [0.15, 0.2) is 0 Å². The highest BCUT2D eigenvalue weighted by molar-refractivity contribution is 7.80. The molecule has 91 heavy (non-hydrogen) atoms. The van der Waals surface area contributed by atoms with Gasteiger partial charge in [0.2, 0.25) is 70.9 Å². The Morgan fingerprint density at radius 3 is 1.31 bits per heavy atom. The van der Waals surface area contributed by atoms with Crippen LogP contribution in [0, 0.1) is 0 Å². The molecule has 0 aromatic heterocycles. The molecule has 0 spiro atoms. The second-order valence-corrected chi connectivity index (χ2v) is 23.0. The molecule has 0 bridgehead atoms. The number of nitrogens with zero attached hydrogens (tertiary/aromatic N) is 3. The van der Waals surface area contributed by atoms with Crippen LogP contribution in [0.5, 0.6) is 0 Å². The van der Waals surface area contributed by atoms with E-state index in [9.17, 15) is 102 Å². The summed E-state index contributed by atoms with van der Waals surface area (Å²) in [6.07, 6.45) is -3.11. The predicted octanol–water partition coefficient (Wildman–Crippen LogP) is -6.63. The van der Waals surface area contributed by atoms with Gasteiger partial charge in [-0.2, -0.15) is 25.3 Å². The predicted molar refractivity (Wildman–Crippen MR) is 323 cm³/mol. The molecule has 3 aliphatic rings. The van der Waals surface area contributed by atoms with Gasteiger partial charge in [-0.05, 0) is 104 Å². The molecule has 35 nitrogen and oxygen atoms in total. The molecule has 0 radical (unpaired) electrons. The Bertz CT molecular complexity index is 2680. The van der Waals surface area contributed by atoms with Gasteiger partial charge in [0.25, 0.3) is 0 Å². The van der Waals surface area contributed by atoms with E-state index in [-0.39, 0.29) is 69.8 Å². The molecule has 3 aliphatic heterocycles. The Labute approximate surface area is 534 Å². The molecule has 0 unspecified atom stereocenters. The maximum Gasteiger partial charge on any atom is 0.327 e. The molecule has 3 fully saturated rings. The molecule has 510 valence electrons. The maximum atomic E-state index is 14.1. The Morgan fingerprint density at radius 1 is 0.473 bits per heavy atom. The number of hydrogen-bond acceptors (Lipinski definition) is 21. The summed E-state index contributed by atoms with van der Waals surface area (Å²) in [5, 5.41) is 69.8. The van der Waals surface area contributed by atoms with E-state index in [1.54, 1.807) is 0 Å². The number of nitrogens with two attached hydrogens (primary N) is 2. The van der Waals surface area contributed by atoms with Crippen molar-refractivity contribution in [1.82, 2.24) is 62.6 Å². The van der Waals surface area contributed by atoms with E-state index in [0.29, 0.717) is 25.7 Å². The van der Waals surface area contributed by atoms with Crippen LogP contribution in [0.2, 0.25) is 0 Å². The number of hydrogen-bond donors (Lipinski definition) is 18. The molecule has 0 aromatic rings. The van der Waals surface area contributed by atoms with Crippen LogP contribution in [0.4, 0.5) is 0 Å². The fourth-order valence-electron chi connectivity index (χ4n) is 10.2. The summed E-state index contributed by atoms with van der Waals surface area (Å²) in [4.78, 5) is 212. The van der Waals surface area contributed by atoms with Crippen molar-refractivity contribution in [3.8, 4) is 0 Å². The monoisotopic (exact) mass is 1330 g/mol. The van der Waals surface area contributed by atoms with Gasteiger partial charge in [-0.3, -0.25) is 71.9 Å². The number of rotatable bonds is 38.